The second-order valence-corrected chi connectivity index (χ2v) is 6.88. The molecule has 0 atom stereocenters. The normalized spacial score (nSPS) is 13.6. The molecule has 1 amide bonds. The summed E-state index contributed by atoms with van der Waals surface area (Å²) in [6.45, 7) is 1.54. The van der Waals surface area contributed by atoms with E-state index >= 15 is 0 Å². The van der Waals surface area contributed by atoms with Crippen molar-refractivity contribution >= 4 is 11.6 Å². The Kier molecular flexibility index (Phi) is 4.49. The topological polar surface area (TPSA) is 60.1 Å². The Bertz CT molecular complexity index is 1030. The number of nitrogens with one attached hydrogen (secondary N) is 1. The number of amides is 1. The average Bonchev–Trinajstić information content (AvgIpc) is 3.35. The third kappa shape index (κ3) is 3.67. The minimum absolute atomic E-state index is 0.00797. The van der Waals surface area contributed by atoms with E-state index in [-0.39, 0.29) is 12.3 Å². The number of aromatic nitrogens is 2. The summed E-state index contributed by atoms with van der Waals surface area (Å²) in [5.41, 5.74) is 2.65. The minimum Gasteiger partial charge on any atom is -0.454 e. The fraction of sp³-hybridized carbons (Fsp3) is 0.300. The van der Waals surface area contributed by atoms with E-state index in [0.29, 0.717) is 17.1 Å². The van der Waals surface area contributed by atoms with Crippen LogP contribution in [0.25, 0.3) is 0 Å². The van der Waals surface area contributed by atoms with Crippen LogP contribution < -0.4 is 5.32 Å². The number of hydrogen-bond acceptors (Lipinski definition) is 3. The summed E-state index contributed by atoms with van der Waals surface area (Å²) >= 11 is 0. The lowest BCUT2D eigenvalue weighted by Gasteiger charge is -2.06. The minimum atomic E-state index is -4.50. The van der Waals surface area contributed by atoms with Crippen LogP contribution in [-0.2, 0) is 25.6 Å². The van der Waals surface area contributed by atoms with Crippen LogP contribution in [-0.4, -0.2) is 15.7 Å². The highest BCUT2D eigenvalue weighted by atomic mass is 19.4. The van der Waals surface area contributed by atoms with Gasteiger partial charge in [-0.2, -0.15) is 18.3 Å². The van der Waals surface area contributed by atoms with Gasteiger partial charge in [0.15, 0.2) is 11.5 Å². The number of carbonyl (C=O) groups is 1. The molecule has 8 heteroatoms. The number of alkyl halides is 3. The van der Waals surface area contributed by atoms with E-state index in [9.17, 15) is 18.0 Å². The summed E-state index contributed by atoms with van der Waals surface area (Å²) in [6.07, 6.45) is -1.31. The molecule has 0 spiro atoms. The van der Waals surface area contributed by atoms with Gasteiger partial charge in [-0.3, -0.25) is 9.48 Å². The molecule has 1 aliphatic rings. The van der Waals surface area contributed by atoms with E-state index in [1.54, 1.807) is 6.07 Å². The molecule has 0 saturated carbocycles. The highest BCUT2D eigenvalue weighted by Crippen LogP contribution is 2.29. The largest absolute Gasteiger partial charge is 0.454 e. The maximum Gasteiger partial charge on any atom is 0.435 e. The predicted octanol–water partition coefficient (Wildman–Crippen LogP) is 4.59. The fourth-order valence-electron chi connectivity index (χ4n) is 3.38. The Morgan fingerprint density at radius 1 is 1.18 bits per heavy atom. The molecule has 5 nitrogen and oxygen atoms in total. The van der Waals surface area contributed by atoms with E-state index in [0.717, 1.165) is 25.3 Å². The van der Waals surface area contributed by atoms with Crippen molar-refractivity contribution in [3.05, 3.63) is 70.4 Å². The van der Waals surface area contributed by atoms with Crippen LogP contribution in [0.5, 0.6) is 0 Å². The second-order valence-electron chi connectivity index (χ2n) is 6.88. The van der Waals surface area contributed by atoms with Crippen molar-refractivity contribution in [2.24, 2.45) is 0 Å². The van der Waals surface area contributed by atoms with E-state index < -0.39 is 17.8 Å². The van der Waals surface area contributed by atoms with Crippen LogP contribution in [0.1, 0.15) is 45.3 Å². The first-order valence-electron chi connectivity index (χ1n) is 8.93. The maximum absolute atomic E-state index is 12.8. The van der Waals surface area contributed by atoms with Crippen LogP contribution >= 0.6 is 0 Å². The molecule has 0 aliphatic heterocycles. The Labute approximate surface area is 159 Å². The summed E-state index contributed by atoms with van der Waals surface area (Å²) in [5, 5.41) is 6.36. The van der Waals surface area contributed by atoms with Gasteiger partial charge in [0, 0.05) is 11.4 Å². The molecule has 0 saturated heterocycles. The first kappa shape index (κ1) is 18.3. The third-order valence-corrected chi connectivity index (χ3v) is 4.82. The van der Waals surface area contributed by atoms with Gasteiger partial charge in [-0.15, -0.1) is 0 Å². The first-order chi connectivity index (χ1) is 13.3. The number of halogens is 3. The highest BCUT2D eigenvalue weighted by Gasteiger charge is 2.34. The van der Waals surface area contributed by atoms with Crippen molar-refractivity contribution < 1.29 is 22.4 Å². The van der Waals surface area contributed by atoms with Gasteiger partial charge in [-0.1, -0.05) is 6.07 Å². The van der Waals surface area contributed by atoms with Crippen LogP contribution in [0.2, 0.25) is 0 Å². The number of aryl methyl sites for hydroxylation is 3. The Morgan fingerprint density at radius 2 is 1.96 bits per heavy atom. The van der Waals surface area contributed by atoms with Crippen molar-refractivity contribution in [3.63, 3.8) is 0 Å². The number of fused-ring (bicyclic) bond motifs is 1. The molecule has 2 aromatic heterocycles. The standard InChI is InChI=1S/C20H18F3N3O2/c1-12-9-18(20(21,22)23)25-26(12)11-16-7-8-17(28-16)19(27)24-15-6-5-13-3-2-4-14(13)10-15/h5-10H,2-4,11H2,1H3,(H,24,27). The zero-order valence-electron chi connectivity index (χ0n) is 15.1. The smallest absolute Gasteiger partial charge is 0.435 e. The number of benzene rings is 1. The maximum atomic E-state index is 12.8. The number of carbonyl (C=O) groups excluding carboxylic acids is 1. The number of rotatable bonds is 4. The third-order valence-electron chi connectivity index (χ3n) is 4.82. The van der Waals surface area contributed by atoms with E-state index in [2.05, 4.69) is 10.4 Å². The van der Waals surface area contributed by atoms with E-state index in [4.69, 9.17) is 4.42 Å². The van der Waals surface area contributed by atoms with Gasteiger partial charge < -0.3 is 9.73 Å². The van der Waals surface area contributed by atoms with Crippen molar-refractivity contribution in [2.45, 2.75) is 38.9 Å². The molecule has 0 fully saturated rings. The van der Waals surface area contributed by atoms with Crippen LogP contribution in [0, 0.1) is 6.92 Å². The molecular formula is C20H18F3N3O2. The van der Waals surface area contributed by atoms with Gasteiger partial charge >= 0.3 is 6.18 Å². The number of anilines is 1. The predicted molar refractivity (Wildman–Crippen MR) is 96.2 cm³/mol. The SMILES string of the molecule is Cc1cc(C(F)(F)F)nn1Cc1ccc(C(=O)Nc2ccc3c(c2)CCC3)o1. The lowest BCUT2D eigenvalue weighted by molar-refractivity contribution is -0.141. The van der Waals surface area contributed by atoms with Crippen molar-refractivity contribution in [1.29, 1.82) is 0 Å². The lowest BCUT2D eigenvalue weighted by atomic mass is 10.1. The van der Waals surface area contributed by atoms with Crippen molar-refractivity contribution in [2.75, 3.05) is 5.32 Å². The monoisotopic (exact) mass is 389 g/mol. The van der Waals surface area contributed by atoms with Gasteiger partial charge in [-0.25, -0.2) is 0 Å². The zero-order valence-corrected chi connectivity index (χ0v) is 15.1. The average molecular weight is 389 g/mol. The van der Waals surface area contributed by atoms with Crippen LogP contribution in [0.3, 0.4) is 0 Å². The summed E-state index contributed by atoms with van der Waals surface area (Å²) in [4.78, 5) is 12.4. The molecule has 1 aliphatic carbocycles. The highest BCUT2D eigenvalue weighted by molar-refractivity contribution is 6.02. The molecule has 0 unspecified atom stereocenters. The van der Waals surface area contributed by atoms with Crippen LogP contribution in [0.4, 0.5) is 18.9 Å². The van der Waals surface area contributed by atoms with Gasteiger partial charge in [0.05, 0.1) is 6.54 Å². The van der Waals surface area contributed by atoms with Gasteiger partial charge in [0.1, 0.15) is 5.76 Å². The fourth-order valence-corrected chi connectivity index (χ4v) is 3.38. The molecular weight excluding hydrogens is 371 g/mol. The van der Waals surface area contributed by atoms with Crippen molar-refractivity contribution in [1.82, 2.24) is 9.78 Å². The Hall–Kier alpha value is -3.03. The van der Waals surface area contributed by atoms with Crippen LogP contribution in [0.15, 0.2) is 40.8 Å². The van der Waals surface area contributed by atoms with Crippen molar-refractivity contribution in [3.8, 4) is 0 Å². The van der Waals surface area contributed by atoms with E-state index in [1.807, 2.05) is 18.2 Å². The first-order valence-corrected chi connectivity index (χ1v) is 8.93. The quantitative estimate of drug-likeness (QED) is 0.710. The summed E-state index contributed by atoms with van der Waals surface area (Å²) < 4.78 is 45.0. The number of furan rings is 1. The van der Waals surface area contributed by atoms with Gasteiger partial charge in [0.25, 0.3) is 5.91 Å². The molecule has 0 radical (unpaired) electrons. The summed E-state index contributed by atoms with van der Waals surface area (Å²) in [7, 11) is 0. The zero-order chi connectivity index (χ0) is 19.9. The number of nitrogens with zero attached hydrogens (tertiary/aromatic N) is 2. The molecule has 146 valence electrons. The van der Waals surface area contributed by atoms with Gasteiger partial charge in [0.2, 0.25) is 0 Å². The summed E-state index contributed by atoms with van der Waals surface area (Å²) in [5.74, 6) is 0.0349. The Morgan fingerprint density at radius 3 is 2.71 bits per heavy atom. The molecule has 28 heavy (non-hydrogen) atoms. The lowest BCUT2D eigenvalue weighted by Crippen LogP contribution is -2.11. The Balaban J connectivity index is 1.45. The molecule has 1 N–H and O–H groups in total. The second kappa shape index (κ2) is 6.85. The number of hydrogen-bond donors (Lipinski definition) is 1. The van der Waals surface area contributed by atoms with E-state index in [1.165, 1.54) is 28.8 Å². The van der Waals surface area contributed by atoms with Gasteiger partial charge in [-0.05, 0) is 67.6 Å². The molecule has 2 heterocycles. The molecule has 1 aromatic carbocycles. The molecule has 4 rings (SSSR count). The molecule has 0 bridgehead atoms. The summed E-state index contributed by atoms with van der Waals surface area (Å²) in [6, 6.07) is 9.88. The molecule has 3 aromatic rings.